The van der Waals surface area contributed by atoms with E-state index >= 15 is 0 Å². The smallest absolute Gasteiger partial charge is 0.122 e. The van der Waals surface area contributed by atoms with E-state index in [1.54, 1.807) is 0 Å². The summed E-state index contributed by atoms with van der Waals surface area (Å²) in [5, 5.41) is 11.6. The Kier molecular flexibility index (Phi) is 6.13. The number of ether oxygens (including phenoxy) is 1. The normalized spacial score (nSPS) is 9.94. The van der Waals surface area contributed by atoms with Gasteiger partial charge in [-0.15, -0.1) is 0 Å². The summed E-state index contributed by atoms with van der Waals surface area (Å²) in [4.78, 5) is 0. The van der Waals surface area contributed by atoms with Gasteiger partial charge in [0, 0.05) is 13.0 Å². The second-order valence-electron chi connectivity index (χ2n) is 3.94. The lowest BCUT2D eigenvalue weighted by Crippen LogP contribution is -2.18. The van der Waals surface area contributed by atoms with Crippen molar-refractivity contribution in [3.05, 3.63) is 29.3 Å². The Morgan fingerprint density at radius 2 is 2.18 bits per heavy atom. The van der Waals surface area contributed by atoms with Gasteiger partial charge >= 0.3 is 0 Å². The van der Waals surface area contributed by atoms with Crippen LogP contribution >= 0.6 is 0 Å². The van der Waals surface area contributed by atoms with Gasteiger partial charge in [0.05, 0.1) is 12.7 Å². The maximum Gasteiger partial charge on any atom is 0.122 e. The Bertz CT molecular complexity index is 382. The molecule has 0 unspecified atom stereocenters. The molecular weight excluding hydrogens is 212 g/mol. The molecule has 1 N–H and O–H groups in total. The van der Waals surface area contributed by atoms with Gasteiger partial charge in [-0.3, -0.25) is 0 Å². The summed E-state index contributed by atoms with van der Waals surface area (Å²) in [6.07, 6.45) is 1.56. The van der Waals surface area contributed by atoms with Gasteiger partial charge in [-0.05, 0) is 44.0 Å². The van der Waals surface area contributed by atoms with Crippen molar-refractivity contribution in [1.29, 1.82) is 5.26 Å². The molecular formula is C14H20N2O. The maximum absolute atomic E-state index is 8.40. The number of hydrogen-bond donors (Lipinski definition) is 1. The topological polar surface area (TPSA) is 45.0 Å². The van der Waals surface area contributed by atoms with Crippen LogP contribution in [0.5, 0.6) is 5.75 Å². The molecule has 0 spiro atoms. The molecule has 17 heavy (non-hydrogen) atoms. The summed E-state index contributed by atoms with van der Waals surface area (Å²) >= 11 is 0. The second kappa shape index (κ2) is 7.70. The van der Waals surface area contributed by atoms with Crippen molar-refractivity contribution < 1.29 is 4.74 Å². The first-order valence-corrected chi connectivity index (χ1v) is 6.08. The molecule has 92 valence electrons. The van der Waals surface area contributed by atoms with E-state index in [0.29, 0.717) is 13.0 Å². The zero-order chi connectivity index (χ0) is 12.5. The molecule has 0 aliphatic heterocycles. The monoisotopic (exact) mass is 232 g/mol. The predicted octanol–water partition coefficient (Wildman–Crippen LogP) is 2.44. The third kappa shape index (κ3) is 4.88. The summed E-state index contributed by atoms with van der Waals surface area (Å²) in [7, 11) is 0. The molecule has 1 aromatic carbocycles. The fraction of sp³-hybridized carbons (Fsp3) is 0.500. The lowest BCUT2D eigenvalue weighted by Gasteiger charge is -2.09. The van der Waals surface area contributed by atoms with Gasteiger partial charge in [-0.25, -0.2) is 0 Å². The van der Waals surface area contributed by atoms with Gasteiger partial charge in [0.25, 0.3) is 0 Å². The van der Waals surface area contributed by atoms with Crippen LogP contribution in [0, 0.1) is 18.3 Å². The van der Waals surface area contributed by atoms with Crippen LogP contribution < -0.4 is 10.1 Å². The molecule has 3 nitrogen and oxygen atoms in total. The number of rotatable bonds is 7. The van der Waals surface area contributed by atoms with Crippen molar-refractivity contribution in [2.45, 2.75) is 26.7 Å². The summed E-state index contributed by atoms with van der Waals surface area (Å²) < 4.78 is 5.50. The fourth-order valence-corrected chi connectivity index (χ4v) is 1.69. The Labute approximate surface area is 103 Å². The van der Waals surface area contributed by atoms with Crippen molar-refractivity contribution in [2.75, 3.05) is 19.7 Å². The molecule has 0 bridgehead atoms. The summed E-state index contributed by atoms with van der Waals surface area (Å²) in [5.41, 5.74) is 2.48. The minimum Gasteiger partial charge on any atom is -0.494 e. The highest BCUT2D eigenvalue weighted by Gasteiger charge is 2.00. The minimum atomic E-state index is 0.572. The van der Waals surface area contributed by atoms with Gasteiger partial charge in [-0.1, -0.05) is 12.1 Å². The van der Waals surface area contributed by atoms with Crippen LogP contribution in [0.2, 0.25) is 0 Å². The molecule has 0 aliphatic carbocycles. The molecule has 0 amide bonds. The first-order chi connectivity index (χ1) is 8.27. The lowest BCUT2D eigenvalue weighted by atomic mass is 10.1. The molecule has 0 aromatic heterocycles. The molecule has 0 heterocycles. The number of nitriles is 1. The first-order valence-electron chi connectivity index (χ1n) is 6.08. The van der Waals surface area contributed by atoms with Crippen molar-refractivity contribution in [2.24, 2.45) is 0 Å². The third-order valence-electron chi connectivity index (χ3n) is 2.54. The largest absolute Gasteiger partial charge is 0.494 e. The standard InChI is InChI=1S/C14H20N2O/c1-3-17-14-6-5-13(11-12(14)2)7-10-16-9-4-8-15/h5-6,11,16H,3-4,7,9-10H2,1-2H3. The van der Waals surface area contributed by atoms with Crippen molar-refractivity contribution in [3.8, 4) is 11.8 Å². The second-order valence-corrected chi connectivity index (χ2v) is 3.94. The molecule has 0 fully saturated rings. The van der Waals surface area contributed by atoms with Crippen molar-refractivity contribution in [3.63, 3.8) is 0 Å². The quantitative estimate of drug-likeness (QED) is 0.734. The Hall–Kier alpha value is -1.53. The summed E-state index contributed by atoms with van der Waals surface area (Å²) in [6, 6.07) is 8.41. The molecule has 3 heteroatoms. The maximum atomic E-state index is 8.40. The van der Waals surface area contributed by atoms with Gasteiger partial charge < -0.3 is 10.1 Å². The Morgan fingerprint density at radius 1 is 1.35 bits per heavy atom. The van der Waals surface area contributed by atoms with E-state index in [1.807, 2.05) is 13.0 Å². The van der Waals surface area contributed by atoms with Crippen molar-refractivity contribution in [1.82, 2.24) is 5.32 Å². The van der Waals surface area contributed by atoms with Gasteiger partial charge in [0.15, 0.2) is 0 Å². The van der Waals surface area contributed by atoms with E-state index in [0.717, 1.165) is 25.3 Å². The SMILES string of the molecule is CCOc1ccc(CCNCCC#N)cc1C. The lowest BCUT2D eigenvalue weighted by molar-refractivity contribution is 0.338. The van der Waals surface area contributed by atoms with E-state index in [1.165, 1.54) is 11.1 Å². The van der Waals surface area contributed by atoms with Crippen LogP contribution in [-0.4, -0.2) is 19.7 Å². The third-order valence-corrected chi connectivity index (χ3v) is 2.54. The summed E-state index contributed by atoms with van der Waals surface area (Å²) in [6.45, 7) is 6.45. The van der Waals surface area contributed by atoms with E-state index in [-0.39, 0.29) is 0 Å². The van der Waals surface area contributed by atoms with E-state index < -0.39 is 0 Å². The molecule has 0 radical (unpaired) electrons. The van der Waals surface area contributed by atoms with Crippen LogP contribution in [-0.2, 0) is 6.42 Å². The van der Waals surface area contributed by atoms with E-state index in [9.17, 15) is 0 Å². The van der Waals surface area contributed by atoms with Gasteiger partial charge in [0.2, 0.25) is 0 Å². The average Bonchev–Trinajstić information content (AvgIpc) is 2.32. The molecule has 0 aliphatic rings. The van der Waals surface area contributed by atoms with Crippen LogP contribution in [0.1, 0.15) is 24.5 Å². The van der Waals surface area contributed by atoms with Gasteiger partial charge in [0.1, 0.15) is 5.75 Å². The van der Waals surface area contributed by atoms with Crippen LogP contribution in [0.25, 0.3) is 0 Å². The molecule has 0 saturated heterocycles. The molecule has 1 rings (SSSR count). The zero-order valence-corrected chi connectivity index (χ0v) is 10.6. The minimum absolute atomic E-state index is 0.572. The van der Waals surface area contributed by atoms with E-state index in [4.69, 9.17) is 10.00 Å². The average molecular weight is 232 g/mol. The molecule has 0 saturated carbocycles. The van der Waals surface area contributed by atoms with Crippen molar-refractivity contribution >= 4 is 0 Å². The zero-order valence-electron chi connectivity index (χ0n) is 10.6. The number of aryl methyl sites for hydroxylation is 1. The van der Waals surface area contributed by atoms with E-state index in [2.05, 4.69) is 30.4 Å². The van der Waals surface area contributed by atoms with Crippen LogP contribution in [0.15, 0.2) is 18.2 Å². The number of nitrogens with one attached hydrogen (secondary N) is 1. The number of benzene rings is 1. The van der Waals surface area contributed by atoms with Gasteiger partial charge in [-0.2, -0.15) is 5.26 Å². The highest BCUT2D eigenvalue weighted by molar-refractivity contribution is 5.36. The first kappa shape index (κ1) is 13.5. The highest BCUT2D eigenvalue weighted by atomic mass is 16.5. The molecule has 0 atom stereocenters. The summed E-state index contributed by atoms with van der Waals surface area (Å²) in [5.74, 6) is 0.966. The van der Waals surface area contributed by atoms with Crippen LogP contribution in [0.3, 0.4) is 0 Å². The highest BCUT2D eigenvalue weighted by Crippen LogP contribution is 2.19. The molecule has 1 aromatic rings. The predicted molar refractivity (Wildman–Crippen MR) is 69.2 cm³/mol. The Balaban J connectivity index is 2.39. The Morgan fingerprint density at radius 3 is 2.82 bits per heavy atom. The fourth-order valence-electron chi connectivity index (χ4n) is 1.69. The number of hydrogen-bond acceptors (Lipinski definition) is 3. The number of nitrogens with zero attached hydrogens (tertiary/aromatic N) is 1. The van der Waals surface area contributed by atoms with Crippen LogP contribution in [0.4, 0.5) is 0 Å².